The van der Waals surface area contributed by atoms with Crippen LogP contribution in [0, 0.1) is 10.1 Å². The van der Waals surface area contributed by atoms with Gasteiger partial charge in [-0.3, -0.25) is 14.9 Å². The zero-order valence-electron chi connectivity index (χ0n) is 12.6. The molecule has 1 aromatic rings. The molecule has 0 aromatic heterocycles. The van der Waals surface area contributed by atoms with Crippen molar-refractivity contribution in [1.82, 2.24) is 5.32 Å². The summed E-state index contributed by atoms with van der Waals surface area (Å²) < 4.78 is 9.41. The number of carbonyl (C=O) groups is 3. The molecule has 0 aliphatic carbocycles. The highest BCUT2D eigenvalue weighted by atomic mass is 16.6. The number of amides is 1. The van der Waals surface area contributed by atoms with E-state index < -0.39 is 28.8 Å². The van der Waals surface area contributed by atoms with Gasteiger partial charge in [0.2, 0.25) is 6.04 Å². The van der Waals surface area contributed by atoms with Gasteiger partial charge in [-0.15, -0.1) is 0 Å². The van der Waals surface area contributed by atoms with Gasteiger partial charge in [-0.2, -0.15) is 0 Å². The number of esters is 2. The molecule has 0 bridgehead atoms. The van der Waals surface area contributed by atoms with Crippen molar-refractivity contribution in [1.29, 1.82) is 0 Å². The molecular weight excluding hydrogens is 308 g/mol. The number of rotatable bonds is 7. The van der Waals surface area contributed by atoms with Crippen LogP contribution in [0.3, 0.4) is 0 Å². The molecule has 0 heterocycles. The normalized spacial score (nSPS) is 10.0. The van der Waals surface area contributed by atoms with Crippen molar-refractivity contribution in [3.8, 4) is 0 Å². The summed E-state index contributed by atoms with van der Waals surface area (Å²) in [6.45, 7) is 3.12. The maximum atomic E-state index is 12.1. The average Bonchev–Trinajstić information content (AvgIpc) is 2.52. The Labute approximate surface area is 131 Å². The van der Waals surface area contributed by atoms with E-state index in [1.165, 1.54) is 18.2 Å². The van der Waals surface area contributed by atoms with Crippen LogP contribution in [0.1, 0.15) is 24.2 Å². The third-order valence-electron chi connectivity index (χ3n) is 2.64. The van der Waals surface area contributed by atoms with E-state index in [-0.39, 0.29) is 24.5 Å². The van der Waals surface area contributed by atoms with Gasteiger partial charge in [0, 0.05) is 17.7 Å². The number of hydrogen-bond acceptors (Lipinski definition) is 7. The second-order valence-electron chi connectivity index (χ2n) is 4.22. The summed E-state index contributed by atoms with van der Waals surface area (Å²) in [5, 5.41) is 12.9. The molecule has 0 aliphatic rings. The number of benzene rings is 1. The second kappa shape index (κ2) is 8.47. The second-order valence-corrected chi connectivity index (χ2v) is 4.22. The van der Waals surface area contributed by atoms with Gasteiger partial charge in [-0.25, -0.2) is 9.59 Å². The molecule has 0 spiro atoms. The number of nitro groups is 1. The Morgan fingerprint density at radius 1 is 1.17 bits per heavy atom. The minimum atomic E-state index is -1.64. The Morgan fingerprint density at radius 2 is 1.74 bits per heavy atom. The van der Waals surface area contributed by atoms with E-state index in [4.69, 9.17) is 9.47 Å². The van der Waals surface area contributed by atoms with Crippen molar-refractivity contribution in [2.24, 2.45) is 0 Å². The van der Waals surface area contributed by atoms with Crippen molar-refractivity contribution >= 4 is 23.5 Å². The van der Waals surface area contributed by atoms with Crippen molar-refractivity contribution < 1.29 is 28.8 Å². The lowest BCUT2D eigenvalue weighted by Gasteiger charge is -2.15. The molecule has 0 saturated heterocycles. The summed E-state index contributed by atoms with van der Waals surface area (Å²) >= 11 is 0. The largest absolute Gasteiger partial charge is 0.464 e. The standard InChI is InChI=1S/C14H16N2O7/c1-3-22-13(18)11(14(19)23-4-2)15-12(17)9-6-5-7-10(8-9)16(20)21/h5-8,11H,3-4H2,1-2H3,(H,15,17). The third-order valence-corrected chi connectivity index (χ3v) is 2.64. The maximum absolute atomic E-state index is 12.1. The van der Waals surface area contributed by atoms with E-state index in [9.17, 15) is 24.5 Å². The minimum absolute atomic E-state index is 0.0153. The Hall–Kier alpha value is -2.97. The Balaban J connectivity index is 2.96. The number of nitro benzene ring substituents is 1. The van der Waals surface area contributed by atoms with Crippen molar-refractivity contribution in [3.63, 3.8) is 0 Å². The lowest BCUT2D eigenvalue weighted by molar-refractivity contribution is -0.384. The van der Waals surface area contributed by atoms with Crippen molar-refractivity contribution in [2.75, 3.05) is 13.2 Å². The third kappa shape index (κ3) is 5.06. The molecule has 0 fully saturated rings. The fourth-order valence-corrected chi connectivity index (χ4v) is 1.64. The molecule has 1 aromatic carbocycles. The summed E-state index contributed by atoms with van der Waals surface area (Å²) in [5.74, 6) is -2.77. The lowest BCUT2D eigenvalue weighted by atomic mass is 10.1. The van der Waals surface area contributed by atoms with E-state index in [2.05, 4.69) is 5.32 Å². The molecule has 0 unspecified atom stereocenters. The van der Waals surface area contributed by atoms with E-state index in [0.717, 1.165) is 6.07 Å². The predicted molar refractivity (Wildman–Crippen MR) is 77.6 cm³/mol. The van der Waals surface area contributed by atoms with Crippen LogP contribution in [-0.2, 0) is 19.1 Å². The van der Waals surface area contributed by atoms with Gasteiger partial charge in [0.25, 0.3) is 11.6 Å². The van der Waals surface area contributed by atoms with E-state index in [1.54, 1.807) is 13.8 Å². The van der Waals surface area contributed by atoms with Gasteiger partial charge in [-0.1, -0.05) is 6.07 Å². The van der Waals surface area contributed by atoms with Gasteiger partial charge >= 0.3 is 11.9 Å². The van der Waals surface area contributed by atoms with Gasteiger partial charge in [0.05, 0.1) is 18.1 Å². The van der Waals surface area contributed by atoms with Crippen LogP contribution in [0.2, 0.25) is 0 Å². The molecule has 0 saturated carbocycles. The number of non-ortho nitro benzene ring substituents is 1. The van der Waals surface area contributed by atoms with Crippen LogP contribution < -0.4 is 5.32 Å². The fourth-order valence-electron chi connectivity index (χ4n) is 1.64. The van der Waals surface area contributed by atoms with Gasteiger partial charge < -0.3 is 14.8 Å². The van der Waals surface area contributed by atoms with Gasteiger partial charge in [-0.05, 0) is 19.9 Å². The first kappa shape index (κ1) is 18.1. The molecule has 0 aliphatic heterocycles. The first-order chi connectivity index (χ1) is 10.9. The predicted octanol–water partition coefficient (Wildman–Crippen LogP) is 0.819. The zero-order valence-corrected chi connectivity index (χ0v) is 12.6. The summed E-state index contributed by atoms with van der Waals surface area (Å²) in [4.78, 5) is 45.7. The molecule has 0 atom stereocenters. The minimum Gasteiger partial charge on any atom is -0.464 e. The first-order valence-corrected chi connectivity index (χ1v) is 6.79. The Morgan fingerprint density at radius 3 is 2.22 bits per heavy atom. The molecule has 1 N–H and O–H groups in total. The van der Waals surface area contributed by atoms with E-state index >= 15 is 0 Å². The molecule has 9 heteroatoms. The molecule has 9 nitrogen and oxygen atoms in total. The topological polar surface area (TPSA) is 125 Å². The molecule has 1 amide bonds. The lowest BCUT2D eigenvalue weighted by Crippen LogP contribution is -2.48. The summed E-state index contributed by atoms with van der Waals surface area (Å²) in [6, 6.07) is 3.24. The van der Waals surface area contributed by atoms with Crippen LogP contribution in [-0.4, -0.2) is 42.0 Å². The summed E-state index contributed by atoms with van der Waals surface area (Å²) in [5.41, 5.74) is -0.362. The highest BCUT2D eigenvalue weighted by Crippen LogP contribution is 2.13. The Kier molecular flexibility index (Phi) is 6.66. The fraction of sp³-hybridized carbons (Fsp3) is 0.357. The SMILES string of the molecule is CCOC(=O)C(NC(=O)c1cccc([N+](=O)[O-])c1)C(=O)OCC. The summed E-state index contributed by atoms with van der Waals surface area (Å²) in [6.07, 6.45) is 0. The number of nitrogens with zero attached hydrogens (tertiary/aromatic N) is 1. The van der Waals surface area contributed by atoms with Crippen LogP contribution in [0.5, 0.6) is 0 Å². The average molecular weight is 324 g/mol. The highest BCUT2D eigenvalue weighted by molar-refractivity contribution is 6.05. The number of hydrogen-bond donors (Lipinski definition) is 1. The number of ether oxygens (including phenoxy) is 2. The molecule has 1 rings (SSSR count). The van der Waals surface area contributed by atoms with Crippen LogP contribution in [0.15, 0.2) is 24.3 Å². The zero-order chi connectivity index (χ0) is 17.4. The molecule has 23 heavy (non-hydrogen) atoms. The van der Waals surface area contributed by atoms with Crippen molar-refractivity contribution in [2.45, 2.75) is 19.9 Å². The van der Waals surface area contributed by atoms with Gasteiger partial charge in [0.1, 0.15) is 0 Å². The van der Waals surface area contributed by atoms with Crippen molar-refractivity contribution in [3.05, 3.63) is 39.9 Å². The van der Waals surface area contributed by atoms with E-state index in [0.29, 0.717) is 0 Å². The maximum Gasteiger partial charge on any atom is 0.340 e. The smallest absolute Gasteiger partial charge is 0.340 e. The first-order valence-electron chi connectivity index (χ1n) is 6.79. The van der Waals surface area contributed by atoms with Crippen LogP contribution in [0.4, 0.5) is 5.69 Å². The molecule has 0 radical (unpaired) electrons. The molecular formula is C14H16N2O7. The number of nitrogens with one attached hydrogen (secondary N) is 1. The van der Waals surface area contributed by atoms with Crippen LogP contribution >= 0.6 is 0 Å². The number of carbonyl (C=O) groups excluding carboxylic acids is 3. The van der Waals surface area contributed by atoms with Gasteiger partial charge in [0.15, 0.2) is 0 Å². The van der Waals surface area contributed by atoms with E-state index in [1.807, 2.05) is 0 Å². The quantitative estimate of drug-likeness (QED) is 0.340. The highest BCUT2D eigenvalue weighted by Gasteiger charge is 2.31. The summed E-state index contributed by atoms with van der Waals surface area (Å²) in [7, 11) is 0. The Bertz CT molecular complexity index is 597. The van der Waals surface area contributed by atoms with Crippen LogP contribution in [0.25, 0.3) is 0 Å². The monoisotopic (exact) mass is 324 g/mol. The molecule has 124 valence electrons.